The van der Waals surface area contributed by atoms with Gasteiger partial charge in [0.1, 0.15) is 28.5 Å². The topological polar surface area (TPSA) is 68.5 Å². The molecule has 0 atom stereocenters. The number of fused-ring (bicyclic) bond motifs is 1. The summed E-state index contributed by atoms with van der Waals surface area (Å²) in [6.45, 7) is 5.00. The van der Waals surface area contributed by atoms with Gasteiger partial charge in [-0.25, -0.2) is 9.97 Å². The molecule has 4 rings (SSSR count). The van der Waals surface area contributed by atoms with Crippen LogP contribution in [0.2, 0.25) is 0 Å². The summed E-state index contributed by atoms with van der Waals surface area (Å²) in [6.07, 6.45) is 10.9. The Bertz CT molecular complexity index is 1090. The van der Waals surface area contributed by atoms with Gasteiger partial charge in [-0.15, -0.1) is 0 Å². The van der Waals surface area contributed by atoms with Crippen LogP contribution < -0.4 is 10.1 Å². The van der Waals surface area contributed by atoms with Crippen LogP contribution in [-0.4, -0.2) is 27.4 Å². The molecule has 0 saturated heterocycles. The third kappa shape index (κ3) is 6.06. The highest BCUT2D eigenvalue weighted by Crippen LogP contribution is 2.34. The standard InChI is InChI=1S/C22H24F2N4O2.C3H8/c1-22(23,24)19-10-6-9-15(25-19)21(29)27-17-13-28-12-16(14-7-4-3-5-8-14)26-20(28)11-18(17)30-2;1-3-2/h6,9-14H,3-5,7-8H2,1-2H3,(H,27,29);3H2,1-2H3. The van der Waals surface area contributed by atoms with E-state index in [0.717, 1.165) is 31.1 Å². The van der Waals surface area contributed by atoms with E-state index in [0.29, 0.717) is 17.4 Å². The second-order valence-corrected chi connectivity index (χ2v) is 8.48. The maximum Gasteiger partial charge on any atom is 0.287 e. The maximum absolute atomic E-state index is 13.5. The van der Waals surface area contributed by atoms with E-state index < -0.39 is 17.5 Å². The van der Waals surface area contributed by atoms with Crippen molar-refractivity contribution in [2.75, 3.05) is 12.4 Å². The molecule has 3 heterocycles. The molecule has 1 N–H and O–H groups in total. The van der Waals surface area contributed by atoms with E-state index >= 15 is 0 Å². The summed E-state index contributed by atoms with van der Waals surface area (Å²) in [5.41, 5.74) is 1.64. The molecular weight excluding hydrogens is 426 g/mol. The van der Waals surface area contributed by atoms with E-state index in [1.807, 2.05) is 10.6 Å². The quantitative estimate of drug-likeness (QED) is 0.470. The van der Waals surface area contributed by atoms with E-state index in [-0.39, 0.29) is 5.69 Å². The monoisotopic (exact) mass is 458 g/mol. The molecule has 0 unspecified atom stereocenters. The lowest BCUT2D eigenvalue weighted by Gasteiger charge is -2.19. The minimum Gasteiger partial charge on any atom is -0.494 e. The molecule has 1 aliphatic rings. The van der Waals surface area contributed by atoms with Crippen molar-refractivity contribution in [2.24, 2.45) is 0 Å². The molecule has 0 aromatic carbocycles. The van der Waals surface area contributed by atoms with Gasteiger partial charge in [0.25, 0.3) is 11.8 Å². The predicted molar refractivity (Wildman–Crippen MR) is 125 cm³/mol. The molecule has 3 aromatic heterocycles. The lowest BCUT2D eigenvalue weighted by Crippen LogP contribution is -2.18. The first-order chi connectivity index (χ1) is 15.8. The van der Waals surface area contributed by atoms with E-state index in [1.165, 1.54) is 51.0 Å². The highest BCUT2D eigenvalue weighted by molar-refractivity contribution is 6.03. The Morgan fingerprint density at radius 2 is 1.88 bits per heavy atom. The summed E-state index contributed by atoms with van der Waals surface area (Å²) < 4.78 is 34.4. The molecular formula is C25H32F2N4O2. The van der Waals surface area contributed by atoms with Crippen molar-refractivity contribution in [1.29, 1.82) is 0 Å². The molecule has 178 valence electrons. The van der Waals surface area contributed by atoms with E-state index in [1.54, 1.807) is 12.3 Å². The van der Waals surface area contributed by atoms with Gasteiger partial charge in [-0.2, -0.15) is 8.78 Å². The fourth-order valence-electron chi connectivity index (χ4n) is 3.89. The van der Waals surface area contributed by atoms with Crippen molar-refractivity contribution in [2.45, 2.75) is 71.1 Å². The highest BCUT2D eigenvalue weighted by Gasteiger charge is 2.27. The van der Waals surface area contributed by atoms with E-state index in [4.69, 9.17) is 9.72 Å². The molecule has 0 radical (unpaired) electrons. The van der Waals surface area contributed by atoms with Gasteiger partial charge in [-0.05, 0) is 25.0 Å². The molecule has 6 nitrogen and oxygen atoms in total. The number of carbonyl (C=O) groups excluding carboxylic acids is 1. The summed E-state index contributed by atoms with van der Waals surface area (Å²) in [5.74, 6) is -2.83. The number of hydrogen-bond acceptors (Lipinski definition) is 4. The molecule has 0 spiro atoms. The molecule has 1 aliphatic carbocycles. The Kier molecular flexibility index (Phi) is 8.00. The third-order valence-corrected chi connectivity index (χ3v) is 5.50. The zero-order chi connectivity index (χ0) is 24.0. The summed E-state index contributed by atoms with van der Waals surface area (Å²) in [7, 11) is 1.50. The Morgan fingerprint density at radius 3 is 2.52 bits per heavy atom. The van der Waals surface area contributed by atoms with Crippen LogP contribution in [0, 0.1) is 0 Å². The Morgan fingerprint density at radius 1 is 1.18 bits per heavy atom. The zero-order valence-corrected chi connectivity index (χ0v) is 19.7. The fraction of sp³-hybridized carbons (Fsp3) is 0.480. The highest BCUT2D eigenvalue weighted by atomic mass is 19.3. The number of methoxy groups -OCH3 is 1. The Hall–Kier alpha value is -3.03. The van der Waals surface area contributed by atoms with Crippen molar-refractivity contribution in [3.63, 3.8) is 0 Å². The lowest BCUT2D eigenvalue weighted by atomic mass is 9.87. The van der Waals surface area contributed by atoms with Crippen LogP contribution in [0.1, 0.15) is 87.1 Å². The maximum atomic E-state index is 13.5. The van der Waals surface area contributed by atoms with Crippen molar-refractivity contribution in [3.05, 3.63) is 53.7 Å². The first-order valence-corrected chi connectivity index (χ1v) is 11.5. The number of rotatable bonds is 5. The zero-order valence-electron chi connectivity index (χ0n) is 19.7. The molecule has 1 amide bonds. The first-order valence-electron chi connectivity index (χ1n) is 11.5. The number of amides is 1. The number of nitrogens with one attached hydrogen (secondary N) is 1. The number of halogens is 2. The van der Waals surface area contributed by atoms with Crippen LogP contribution in [-0.2, 0) is 5.92 Å². The third-order valence-electron chi connectivity index (χ3n) is 5.50. The van der Waals surface area contributed by atoms with Gasteiger partial charge < -0.3 is 14.5 Å². The van der Waals surface area contributed by atoms with Gasteiger partial charge in [0.2, 0.25) is 0 Å². The largest absolute Gasteiger partial charge is 0.494 e. The second kappa shape index (κ2) is 10.7. The molecule has 0 aliphatic heterocycles. The van der Waals surface area contributed by atoms with Crippen molar-refractivity contribution in [3.8, 4) is 5.75 Å². The molecule has 1 saturated carbocycles. The van der Waals surface area contributed by atoms with Gasteiger partial charge >= 0.3 is 0 Å². The van der Waals surface area contributed by atoms with Crippen LogP contribution in [0.15, 0.2) is 36.7 Å². The molecule has 8 heteroatoms. The summed E-state index contributed by atoms with van der Waals surface area (Å²) in [4.78, 5) is 21.2. The molecule has 3 aromatic rings. The van der Waals surface area contributed by atoms with Crippen LogP contribution in [0.25, 0.3) is 5.65 Å². The molecule has 33 heavy (non-hydrogen) atoms. The van der Waals surface area contributed by atoms with Gasteiger partial charge in [0.15, 0.2) is 0 Å². The van der Waals surface area contributed by atoms with Crippen LogP contribution in [0.3, 0.4) is 0 Å². The van der Waals surface area contributed by atoms with Crippen LogP contribution in [0.4, 0.5) is 14.5 Å². The smallest absolute Gasteiger partial charge is 0.287 e. The van der Waals surface area contributed by atoms with Gasteiger partial charge in [-0.3, -0.25) is 4.79 Å². The minimum absolute atomic E-state index is 0.0929. The number of imidazole rings is 1. The number of alkyl halides is 2. The number of aromatic nitrogens is 3. The summed E-state index contributed by atoms with van der Waals surface area (Å²) in [6, 6.07) is 5.74. The van der Waals surface area contributed by atoms with Gasteiger partial charge in [-0.1, -0.05) is 45.6 Å². The first kappa shape index (κ1) is 24.6. The molecule has 0 bridgehead atoms. The van der Waals surface area contributed by atoms with E-state index in [2.05, 4.69) is 24.1 Å². The van der Waals surface area contributed by atoms with Crippen molar-refractivity contribution < 1.29 is 18.3 Å². The fourth-order valence-corrected chi connectivity index (χ4v) is 3.89. The number of carbonyl (C=O) groups is 1. The molecule has 1 fully saturated rings. The number of anilines is 1. The van der Waals surface area contributed by atoms with E-state index in [9.17, 15) is 13.6 Å². The van der Waals surface area contributed by atoms with Gasteiger partial charge in [0, 0.05) is 31.3 Å². The minimum atomic E-state index is -3.13. The average molecular weight is 459 g/mol. The van der Waals surface area contributed by atoms with Crippen molar-refractivity contribution in [1.82, 2.24) is 14.4 Å². The second-order valence-electron chi connectivity index (χ2n) is 8.48. The normalized spacial score (nSPS) is 14.5. The summed E-state index contributed by atoms with van der Waals surface area (Å²) in [5, 5.41) is 2.72. The predicted octanol–water partition coefficient (Wildman–Crippen LogP) is 6.57. The van der Waals surface area contributed by atoms with Crippen LogP contribution >= 0.6 is 0 Å². The number of nitrogens with zero attached hydrogens (tertiary/aromatic N) is 3. The average Bonchev–Trinajstić information content (AvgIpc) is 3.22. The number of pyridine rings is 2. The number of hydrogen-bond donors (Lipinski definition) is 1. The van der Waals surface area contributed by atoms with Crippen molar-refractivity contribution >= 4 is 17.2 Å². The Labute approximate surface area is 193 Å². The SMILES string of the molecule is CCC.COc1cc2nc(C3CCCCC3)cn2cc1NC(=O)c1cccc(C(C)(F)F)n1. The summed E-state index contributed by atoms with van der Waals surface area (Å²) >= 11 is 0. The van der Waals surface area contributed by atoms with Gasteiger partial charge in [0.05, 0.1) is 12.8 Å². The van der Waals surface area contributed by atoms with Crippen LogP contribution in [0.5, 0.6) is 5.75 Å². The number of ether oxygens (including phenoxy) is 1. The lowest BCUT2D eigenvalue weighted by molar-refractivity contribution is 0.0126. The Balaban J connectivity index is 0.000000968.